The second-order valence-corrected chi connectivity index (χ2v) is 4.95. The molecule has 19 heavy (non-hydrogen) atoms. The molecule has 1 aromatic rings. The fourth-order valence-electron chi connectivity index (χ4n) is 2.73. The molecule has 0 heterocycles. The maximum atomic E-state index is 12.3. The number of rotatable bonds is 4. The molecule has 0 radical (unpaired) electrons. The topological polar surface area (TPSA) is 46.5 Å². The Hall–Kier alpha value is -1.65. The zero-order chi connectivity index (χ0) is 14.0. The molecule has 1 saturated carbocycles. The van der Waals surface area contributed by atoms with E-state index in [-0.39, 0.29) is 5.75 Å². The van der Waals surface area contributed by atoms with E-state index < -0.39 is 18.0 Å². The van der Waals surface area contributed by atoms with E-state index in [9.17, 15) is 18.7 Å². The average molecular weight is 270 g/mol. The van der Waals surface area contributed by atoms with Gasteiger partial charge in [-0.15, -0.1) is 0 Å². The largest absolute Gasteiger partial charge is 0.481 e. The van der Waals surface area contributed by atoms with Gasteiger partial charge in [0.25, 0.3) is 0 Å². The van der Waals surface area contributed by atoms with Crippen LogP contribution in [0.15, 0.2) is 18.2 Å². The number of alkyl halides is 2. The van der Waals surface area contributed by atoms with Crippen molar-refractivity contribution in [3.63, 3.8) is 0 Å². The van der Waals surface area contributed by atoms with Crippen LogP contribution in [0.3, 0.4) is 0 Å². The lowest BCUT2D eigenvalue weighted by Crippen LogP contribution is -2.32. The normalized spacial score (nSPS) is 17.7. The fourth-order valence-corrected chi connectivity index (χ4v) is 2.73. The Morgan fingerprint density at radius 3 is 2.53 bits per heavy atom. The Kier molecular flexibility index (Phi) is 3.73. The molecule has 0 aliphatic heterocycles. The van der Waals surface area contributed by atoms with Gasteiger partial charge < -0.3 is 9.84 Å². The summed E-state index contributed by atoms with van der Waals surface area (Å²) in [6.07, 6.45) is 2.76. The third-order valence-corrected chi connectivity index (χ3v) is 3.82. The van der Waals surface area contributed by atoms with Gasteiger partial charge in [-0.2, -0.15) is 8.78 Å². The Labute approximate surface area is 110 Å². The fraction of sp³-hybridized carbons (Fsp3) is 0.500. The number of aliphatic carboxylic acids is 1. The van der Waals surface area contributed by atoms with Crippen LogP contribution < -0.4 is 4.74 Å². The van der Waals surface area contributed by atoms with Gasteiger partial charge in [0.15, 0.2) is 0 Å². The first kappa shape index (κ1) is 13.8. The molecule has 104 valence electrons. The Balaban J connectivity index is 2.41. The molecule has 0 saturated heterocycles. The standard InChI is InChI=1S/C14H16F2O3/c1-9-4-5-10(8-11(9)19-13(15)16)14(12(17)18)6-2-3-7-14/h4-5,8,13H,2-3,6-7H2,1H3,(H,17,18). The molecule has 3 nitrogen and oxygen atoms in total. The van der Waals surface area contributed by atoms with Crippen LogP contribution in [-0.4, -0.2) is 17.7 Å². The third kappa shape index (κ3) is 2.55. The van der Waals surface area contributed by atoms with Gasteiger partial charge in [0.05, 0.1) is 5.41 Å². The third-order valence-electron chi connectivity index (χ3n) is 3.82. The van der Waals surface area contributed by atoms with Crippen LogP contribution in [0.1, 0.15) is 36.8 Å². The molecule has 0 aromatic heterocycles. The van der Waals surface area contributed by atoms with Crippen molar-refractivity contribution in [3.05, 3.63) is 29.3 Å². The number of aryl methyl sites for hydroxylation is 1. The highest BCUT2D eigenvalue weighted by Crippen LogP contribution is 2.42. The monoisotopic (exact) mass is 270 g/mol. The van der Waals surface area contributed by atoms with Crippen molar-refractivity contribution in [1.29, 1.82) is 0 Å². The van der Waals surface area contributed by atoms with Crippen molar-refractivity contribution >= 4 is 5.97 Å². The zero-order valence-corrected chi connectivity index (χ0v) is 10.7. The van der Waals surface area contributed by atoms with Crippen molar-refractivity contribution in [2.75, 3.05) is 0 Å². The van der Waals surface area contributed by atoms with Gasteiger partial charge in [-0.1, -0.05) is 25.0 Å². The molecule has 1 aliphatic carbocycles. The number of carboxylic acids is 1. The van der Waals surface area contributed by atoms with E-state index >= 15 is 0 Å². The van der Waals surface area contributed by atoms with Crippen LogP contribution >= 0.6 is 0 Å². The highest BCUT2D eigenvalue weighted by atomic mass is 19.3. The van der Waals surface area contributed by atoms with E-state index in [1.54, 1.807) is 19.1 Å². The summed E-state index contributed by atoms with van der Waals surface area (Å²) >= 11 is 0. The molecule has 0 amide bonds. The second kappa shape index (κ2) is 5.15. The van der Waals surface area contributed by atoms with E-state index in [4.69, 9.17) is 0 Å². The summed E-state index contributed by atoms with van der Waals surface area (Å²) in [4.78, 5) is 11.6. The highest BCUT2D eigenvalue weighted by Gasteiger charge is 2.43. The minimum atomic E-state index is -2.90. The second-order valence-electron chi connectivity index (χ2n) is 4.95. The Morgan fingerprint density at radius 1 is 1.37 bits per heavy atom. The summed E-state index contributed by atoms with van der Waals surface area (Å²) in [7, 11) is 0. The number of carbonyl (C=O) groups is 1. The van der Waals surface area contributed by atoms with Gasteiger partial charge in [-0.3, -0.25) is 4.79 Å². The lowest BCUT2D eigenvalue weighted by molar-refractivity contribution is -0.143. The number of ether oxygens (including phenoxy) is 1. The summed E-state index contributed by atoms with van der Waals surface area (Å²) in [5, 5.41) is 9.47. The van der Waals surface area contributed by atoms with E-state index in [2.05, 4.69) is 4.74 Å². The predicted molar refractivity (Wildman–Crippen MR) is 65.6 cm³/mol. The van der Waals surface area contributed by atoms with Gasteiger partial charge in [-0.25, -0.2) is 0 Å². The van der Waals surface area contributed by atoms with Crippen LogP contribution in [0.25, 0.3) is 0 Å². The lowest BCUT2D eigenvalue weighted by atomic mass is 9.78. The molecule has 0 bridgehead atoms. The Morgan fingerprint density at radius 2 is 2.00 bits per heavy atom. The van der Waals surface area contributed by atoms with E-state index in [1.165, 1.54) is 6.07 Å². The number of halogens is 2. The molecule has 0 unspecified atom stereocenters. The van der Waals surface area contributed by atoms with E-state index in [0.717, 1.165) is 12.8 Å². The maximum absolute atomic E-state index is 12.3. The van der Waals surface area contributed by atoms with Gasteiger partial charge in [0.2, 0.25) is 0 Å². The maximum Gasteiger partial charge on any atom is 0.387 e. The van der Waals surface area contributed by atoms with Gasteiger partial charge in [0, 0.05) is 0 Å². The van der Waals surface area contributed by atoms with Crippen molar-refractivity contribution in [2.24, 2.45) is 0 Å². The molecule has 1 aliphatic rings. The smallest absolute Gasteiger partial charge is 0.387 e. The summed E-state index contributed by atoms with van der Waals surface area (Å²) in [5.74, 6) is -0.836. The van der Waals surface area contributed by atoms with E-state index in [0.29, 0.717) is 24.0 Å². The van der Waals surface area contributed by atoms with Crippen molar-refractivity contribution in [1.82, 2.24) is 0 Å². The van der Waals surface area contributed by atoms with Crippen LogP contribution in [0.5, 0.6) is 5.75 Å². The van der Waals surface area contributed by atoms with Crippen LogP contribution in [0, 0.1) is 6.92 Å². The van der Waals surface area contributed by atoms with Crippen molar-refractivity contribution in [2.45, 2.75) is 44.6 Å². The molecule has 1 fully saturated rings. The minimum absolute atomic E-state index is 0.0556. The van der Waals surface area contributed by atoms with Gasteiger partial charge >= 0.3 is 12.6 Å². The first-order chi connectivity index (χ1) is 8.95. The molecule has 1 aromatic carbocycles. The number of hydrogen-bond donors (Lipinski definition) is 1. The highest BCUT2D eigenvalue weighted by molar-refractivity contribution is 5.82. The first-order valence-corrected chi connectivity index (χ1v) is 6.25. The van der Waals surface area contributed by atoms with Gasteiger partial charge in [0.1, 0.15) is 5.75 Å². The zero-order valence-electron chi connectivity index (χ0n) is 10.7. The lowest BCUT2D eigenvalue weighted by Gasteiger charge is -2.25. The summed E-state index contributed by atoms with van der Waals surface area (Å²) in [5.41, 5.74) is 0.176. The van der Waals surface area contributed by atoms with Crippen LogP contribution in [-0.2, 0) is 10.2 Å². The number of carboxylic acid groups (broad SMARTS) is 1. The molecule has 2 rings (SSSR count). The first-order valence-electron chi connectivity index (χ1n) is 6.25. The average Bonchev–Trinajstić information content (AvgIpc) is 2.81. The Bertz CT molecular complexity index is 480. The van der Waals surface area contributed by atoms with E-state index in [1.807, 2.05) is 0 Å². The quantitative estimate of drug-likeness (QED) is 0.911. The summed E-state index contributed by atoms with van der Waals surface area (Å²) in [6.45, 7) is -1.25. The molecular weight excluding hydrogens is 254 g/mol. The minimum Gasteiger partial charge on any atom is -0.481 e. The summed E-state index contributed by atoms with van der Waals surface area (Å²) < 4.78 is 29.1. The molecule has 1 N–H and O–H groups in total. The predicted octanol–water partition coefficient (Wildman–Crippen LogP) is 3.49. The van der Waals surface area contributed by atoms with Crippen LogP contribution in [0.2, 0.25) is 0 Å². The SMILES string of the molecule is Cc1ccc(C2(C(=O)O)CCCC2)cc1OC(F)F. The van der Waals surface area contributed by atoms with Crippen molar-refractivity contribution in [3.8, 4) is 5.75 Å². The van der Waals surface area contributed by atoms with Gasteiger partial charge in [-0.05, 0) is 37.0 Å². The van der Waals surface area contributed by atoms with Crippen molar-refractivity contribution < 1.29 is 23.4 Å². The molecule has 0 atom stereocenters. The van der Waals surface area contributed by atoms with Crippen LogP contribution in [0.4, 0.5) is 8.78 Å². The number of benzene rings is 1. The number of hydrogen-bond acceptors (Lipinski definition) is 2. The summed E-state index contributed by atoms with van der Waals surface area (Å²) in [6, 6.07) is 4.78. The molecular formula is C14H16F2O3. The molecule has 5 heteroatoms. The molecule has 0 spiro atoms.